The van der Waals surface area contributed by atoms with E-state index in [1.54, 1.807) is 0 Å². The summed E-state index contributed by atoms with van der Waals surface area (Å²) in [4.78, 5) is 29.8. The molecule has 8 heteroatoms. The molecule has 4 rings (SSSR count). The van der Waals surface area contributed by atoms with E-state index in [2.05, 4.69) is 33.1 Å². The largest absolute Gasteiger partial charge is 0.376 e. The minimum atomic E-state index is -0.352. The third-order valence-electron chi connectivity index (χ3n) is 7.53. The van der Waals surface area contributed by atoms with Gasteiger partial charge in [0, 0.05) is 26.2 Å². The van der Waals surface area contributed by atoms with Crippen molar-refractivity contribution in [2.75, 3.05) is 26.2 Å². The highest BCUT2D eigenvalue weighted by atomic mass is 16.5. The Bertz CT molecular complexity index is 1040. The third kappa shape index (κ3) is 8.87. The summed E-state index contributed by atoms with van der Waals surface area (Å²) in [6.45, 7) is 2.47. The minimum absolute atomic E-state index is 0.0719. The summed E-state index contributed by atoms with van der Waals surface area (Å²) in [6, 6.07) is 19.8. The van der Waals surface area contributed by atoms with Crippen LogP contribution >= 0.6 is 0 Å². The molecule has 4 unspecified atom stereocenters. The number of nitrogens with zero attached hydrogens (tertiary/aromatic N) is 1. The number of urea groups is 1. The summed E-state index contributed by atoms with van der Waals surface area (Å²) in [5.74, 6) is 0.777. The number of ether oxygens (including phenoxy) is 1. The van der Waals surface area contributed by atoms with Gasteiger partial charge < -0.3 is 21.1 Å². The number of carbonyl (C=O) groups excluding carboxylic acids is 2. The van der Waals surface area contributed by atoms with E-state index in [1.807, 2.05) is 48.5 Å². The number of aliphatic imine (C=N–C) groups is 1. The van der Waals surface area contributed by atoms with Crippen LogP contribution in [0, 0.1) is 11.8 Å². The quantitative estimate of drug-likeness (QED) is 0.283. The highest BCUT2D eigenvalue weighted by molar-refractivity contribution is 5.95. The molecular weight excluding hydrogens is 478 g/mol. The Kier molecular flexibility index (Phi) is 10.6. The van der Waals surface area contributed by atoms with Gasteiger partial charge in [0.05, 0.1) is 12.0 Å². The molecule has 0 spiro atoms. The van der Waals surface area contributed by atoms with E-state index >= 15 is 0 Å². The van der Waals surface area contributed by atoms with Gasteiger partial charge in [-0.25, -0.2) is 4.79 Å². The van der Waals surface area contributed by atoms with Crippen LogP contribution in [0.15, 0.2) is 65.7 Å². The van der Waals surface area contributed by atoms with Crippen LogP contribution < -0.4 is 21.7 Å². The predicted octanol–water partition coefficient (Wildman–Crippen LogP) is 3.73. The molecule has 0 bridgehead atoms. The number of nitrogens with one attached hydrogen (secondary N) is 3. The number of amides is 3. The van der Waals surface area contributed by atoms with Crippen LogP contribution in [0.4, 0.5) is 4.79 Å². The monoisotopic (exact) mass is 519 g/mol. The van der Waals surface area contributed by atoms with Crippen LogP contribution in [-0.2, 0) is 16.0 Å². The standard InChI is InChI=1S/C30H41N5O3/c31-29(35-30(37)34-21-26-15-8-16-38-26)33-20-24-12-7-11-23(17-24)19-32-28(36)27(25-13-5-2-6-14-25)18-22-9-3-1-4-10-22/h1-6,9-10,13-14,23-24,26-27H,7-8,11-12,15-21H2,(H,32,36)(H4,31,33,34,35,37). The van der Waals surface area contributed by atoms with E-state index in [1.165, 1.54) is 0 Å². The normalized spacial score (nSPS) is 22.4. The fourth-order valence-corrected chi connectivity index (χ4v) is 5.46. The first-order valence-corrected chi connectivity index (χ1v) is 13.9. The SMILES string of the molecule is NC(=NCC1CCCC(CNC(=O)C(Cc2ccccc2)c2ccccc2)C1)NC(=O)NCC1CCCO1. The van der Waals surface area contributed by atoms with Crippen molar-refractivity contribution in [1.82, 2.24) is 16.0 Å². The van der Waals surface area contributed by atoms with Crippen LogP contribution in [-0.4, -0.2) is 50.2 Å². The first-order valence-electron chi connectivity index (χ1n) is 13.9. The predicted molar refractivity (Wildman–Crippen MR) is 150 cm³/mol. The summed E-state index contributed by atoms with van der Waals surface area (Å²) >= 11 is 0. The number of hydrogen-bond acceptors (Lipinski definition) is 4. The van der Waals surface area contributed by atoms with Gasteiger partial charge in [0.25, 0.3) is 0 Å². The Labute approximate surface area is 225 Å². The summed E-state index contributed by atoms with van der Waals surface area (Å²) in [5.41, 5.74) is 8.14. The molecule has 0 radical (unpaired) electrons. The van der Waals surface area contributed by atoms with Gasteiger partial charge in [-0.2, -0.15) is 0 Å². The van der Waals surface area contributed by atoms with Gasteiger partial charge in [0.15, 0.2) is 5.96 Å². The Morgan fingerprint density at radius 3 is 2.39 bits per heavy atom. The average molecular weight is 520 g/mol. The molecule has 2 aromatic rings. The van der Waals surface area contributed by atoms with Gasteiger partial charge in [-0.05, 0) is 61.5 Å². The molecule has 1 heterocycles. The molecule has 38 heavy (non-hydrogen) atoms. The third-order valence-corrected chi connectivity index (χ3v) is 7.53. The molecule has 8 nitrogen and oxygen atoms in total. The summed E-state index contributed by atoms with van der Waals surface area (Å²) < 4.78 is 5.51. The van der Waals surface area contributed by atoms with Gasteiger partial charge in [-0.1, -0.05) is 67.1 Å². The van der Waals surface area contributed by atoms with E-state index in [9.17, 15) is 9.59 Å². The van der Waals surface area contributed by atoms with Crippen molar-refractivity contribution < 1.29 is 14.3 Å². The van der Waals surface area contributed by atoms with E-state index in [4.69, 9.17) is 10.5 Å². The first kappa shape index (κ1) is 27.6. The summed E-state index contributed by atoms with van der Waals surface area (Å²) in [7, 11) is 0. The average Bonchev–Trinajstić information content (AvgIpc) is 3.48. The molecule has 2 aromatic carbocycles. The molecule has 204 valence electrons. The Morgan fingerprint density at radius 1 is 0.921 bits per heavy atom. The van der Waals surface area contributed by atoms with E-state index < -0.39 is 0 Å². The van der Waals surface area contributed by atoms with Crippen molar-refractivity contribution >= 4 is 17.9 Å². The maximum Gasteiger partial charge on any atom is 0.321 e. The van der Waals surface area contributed by atoms with Crippen molar-refractivity contribution in [3.05, 3.63) is 71.8 Å². The molecule has 1 saturated heterocycles. The van der Waals surface area contributed by atoms with Crippen molar-refractivity contribution in [3.8, 4) is 0 Å². The van der Waals surface area contributed by atoms with Crippen molar-refractivity contribution in [2.24, 2.45) is 22.6 Å². The lowest BCUT2D eigenvalue weighted by Gasteiger charge is -2.29. The lowest BCUT2D eigenvalue weighted by Crippen LogP contribution is -2.45. The summed E-state index contributed by atoms with van der Waals surface area (Å²) in [6.07, 6.45) is 7.00. The number of rotatable bonds is 10. The summed E-state index contributed by atoms with van der Waals surface area (Å²) in [5, 5.41) is 8.64. The van der Waals surface area contributed by atoms with Crippen molar-refractivity contribution in [1.29, 1.82) is 0 Å². The highest BCUT2D eigenvalue weighted by Crippen LogP contribution is 2.29. The topological polar surface area (TPSA) is 118 Å². The van der Waals surface area contributed by atoms with Crippen molar-refractivity contribution in [3.63, 3.8) is 0 Å². The first-order chi connectivity index (χ1) is 18.6. The number of carbonyl (C=O) groups is 2. The van der Waals surface area contributed by atoms with Crippen molar-refractivity contribution in [2.45, 2.75) is 57.0 Å². The lowest BCUT2D eigenvalue weighted by molar-refractivity contribution is -0.122. The fourth-order valence-electron chi connectivity index (χ4n) is 5.46. The second-order valence-electron chi connectivity index (χ2n) is 10.5. The molecule has 4 atom stereocenters. The zero-order valence-electron chi connectivity index (χ0n) is 22.1. The second kappa shape index (κ2) is 14.5. The van der Waals surface area contributed by atoms with E-state index in [0.717, 1.165) is 56.3 Å². The Morgan fingerprint density at radius 2 is 1.66 bits per heavy atom. The zero-order valence-corrected chi connectivity index (χ0v) is 22.1. The van der Waals surface area contributed by atoms with Gasteiger partial charge in [0.2, 0.25) is 5.91 Å². The van der Waals surface area contributed by atoms with E-state index in [-0.39, 0.29) is 29.9 Å². The van der Waals surface area contributed by atoms with Gasteiger partial charge in [0.1, 0.15) is 0 Å². The van der Waals surface area contributed by atoms with Gasteiger partial charge >= 0.3 is 6.03 Å². The molecule has 5 N–H and O–H groups in total. The Balaban J connectivity index is 1.23. The molecule has 1 aliphatic carbocycles. The van der Waals surface area contributed by atoms with Crippen LogP contribution in [0.1, 0.15) is 55.6 Å². The van der Waals surface area contributed by atoms with Crippen LogP contribution in [0.3, 0.4) is 0 Å². The number of guanidine groups is 1. The molecular formula is C30H41N5O3. The number of hydrogen-bond donors (Lipinski definition) is 4. The maximum atomic E-state index is 13.3. The van der Waals surface area contributed by atoms with E-state index in [0.29, 0.717) is 37.9 Å². The molecule has 0 aromatic heterocycles. The maximum absolute atomic E-state index is 13.3. The van der Waals surface area contributed by atoms with Crippen LogP contribution in [0.5, 0.6) is 0 Å². The number of benzene rings is 2. The minimum Gasteiger partial charge on any atom is -0.376 e. The van der Waals surface area contributed by atoms with Gasteiger partial charge in [-0.3, -0.25) is 15.1 Å². The molecule has 2 fully saturated rings. The van der Waals surface area contributed by atoms with Crippen LogP contribution in [0.25, 0.3) is 0 Å². The number of nitrogens with two attached hydrogens (primary N) is 1. The Hall–Kier alpha value is -3.39. The lowest BCUT2D eigenvalue weighted by atomic mass is 9.81. The molecule has 2 aliphatic rings. The van der Waals surface area contributed by atoms with Gasteiger partial charge in [-0.15, -0.1) is 0 Å². The fraction of sp³-hybridized carbons (Fsp3) is 0.500. The highest BCUT2D eigenvalue weighted by Gasteiger charge is 2.25. The molecule has 1 aliphatic heterocycles. The van der Waals surface area contributed by atoms with Crippen LogP contribution in [0.2, 0.25) is 0 Å². The smallest absolute Gasteiger partial charge is 0.321 e. The zero-order chi connectivity index (χ0) is 26.6. The molecule has 3 amide bonds. The molecule has 1 saturated carbocycles. The second-order valence-corrected chi connectivity index (χ2v) is 10.5.